The first-order valence-corrected chi connectivity index (χ1v) is 11.6. The number of esters is 1. The number of unbranched alkanes of at least 4 members (excludes halogenated alkanes) is 4. The third kappa shape index (κ3) is 26.6. The van der Waals surface area contributed by atoms with E-state index in [0.717, 1.165) is 12.8 Å². The van der Waals surface area contributed by atoms with Gasteiger partial charge in [0.25, 0.3) is 0 Å². The summed E-state index contributed by atoms with van der Waals surface area (Å²) in [5, 5.41) is 8.33. The van der Waals surface area contributed by atoms with Crippen LogP contribution in [-0.2, 0) is 14.3 Å². The number of aliphatic carboxylic acids is 1. The molecule has 0 aliphatic rings. The highest BCUT2D eigenvalue weighted by Gasteiger charge is 2.04. The SMILES string of the molecule is CCCCCCC=COC(=O)CCC(=O)O.[Cl][Al]([Cl])[Cl]. The molecule has 1 N–H and O–H groups in total. The molecule has 20 heavy (non-hydrogen) atoms. The zero-order valence-electron chi connectivity index (χ0n) is 11.5. The topological polar surface area (TPSA) is 63.6 Å². The summed E-state index contributed by atoms with van der Waals surface area (Å²) in [5.74, 6) is -1.48. The molecule has 0 aromatic rings. The van der Waals surface area contributed by atoms with Crippen LogP contribution < -0.4 is 0 Å². The van der Waals surface area contributed by atoms with Gasteiger partial charge in [0.15, 0.2) is 0 Å². The van der Waals surface area contributed by atoms with E-state index in [0.29, 0.717) is 0 Å². The molecule has 0 aliphatic heterocycles. The summed E-state index contributed by atoms with van der Waals surface area (Å²) in [5.41, 5.74) is 0. The lowest BCUT2D eigenvalue weighted by Crippen LogP contribution is -2.03. The van der Waals surface area contributed by atoms with Crippen LogP contribution in [0.3, 0.4) is 0 Å². The lowest BCUT2D eigenvalue weighted by atomic mass is 10.1. The van der Waals surface area contributed by atoms with Gasteiger partial charge in [0.1, 0.15) is 0 Å². The van der Waals surface area contributed by atoms with Gasteiger partial charge in [0, 0.05) is 0 Å². The molecule has 8 heteroatoms. The van der Waals surface area contributed by atoms with Crippen molar-refractivity contribution in [3.8, 4) is 0 Å². The van der Waals surface area contributed by atoms with Gasteiger partial charge in [0.2, 0.25) is 0 Å². The van der Waals surface area contributed by atoms with Gasteiger partial charge in [-0.2, -0.15) is 0 Å². The first-order valence-electron chi connectivity index (χ1n) is 6.38. The molecule has 0 heterocycles. The van der Waals surface area contributed by atoms with E-state index in [1.807, 2.05) is 0 Å². The van der Waals surface area contributed by atoms with Crippen molar-refractivity contribution < 1.29 is 19.4 Å². The average Bonchev–Trinajstić information content (AvgIpc) is 2.34. The summed E-state index contributed by atoms with van der Waals surface area (Å²) in [6.45, 7) is 2.15. The molecule has 0 aliphatic carbocycles. The molecule has 0 atom stereocenters. The Labute approximate surface area is 137 Å². The zero-order valence-corrected chi connectivity index (χ0v) is 14.9. The minimum atomic E-state index is -1.72. The number of ether oxygens (including phenoxy) is 1. The summed E-state index contributed by atoms with van der Waals surface area (Å²) in [7, 11) is 14.8. The van der Waals surface area contributed by atoms with Gasteiger partial charge >= 0.3 is 23.3 Å². The lowest BCUT2D eigenvalue weighted by molar-refractivity contribution is -0.144. The maximum absolute atomic E-state index is 10.9. The summed E-state index contributed by atoms with van der Waals surface area (Å²) in [4.78, 5) is 21.1. The molecule has 0 unspecified atom stereocenters. The predicted octanol–water partition coefficient (Wildman–Crippen LogP) is 4.57. The standard InChI is InChI=1S/C12H20O4.Al.3ClH/c1-2-3-4-5-6-7-10-16-12(15)9-8-11(13)14;;;;/h7,10H,2-6,8-9H2,1H3,(H,13,14);;3*1H/q;+3;;;/p-3. The van der Waals surface area contributed by atoms with Gasteiger partial charge in [-0.25, -0.2) is 30.1 Å². The molecular formula is C12H20AlCl3O4. The van der Waals surface area contributed by atoms with Crippen LogP contribution >= 0.6 is 30.1 Å². The van der Waals surface area contributed by atoms with Crippen LogP contribution in [0.2, 0.25) is 0 Å². The number of halogens is 3. The highest BCUT2D eigenvalue weighted by molar-refractivity contribution is 7.54. The molecule has 0 saturated heterocycles. The maximum Gasteiger partial charge on any atom is 0.643 e. The molecule has 0 rings (SSSR count). The molecule has 0 bridgehead atoms. The van der Waals surface area contributed by atoms with Crippen molar-refractivity contribution in [1.82, 2.24) is 0 Å². The Morgan fingerprint density at radius 2 is 1.75 bits per heavy atom. The van der Waals surface area contributed by atoms with Crippen molar-refractivity contribution in [2.75, 3.05) is 0 Å². The Balaban J connectivity index is 0. The Morgan fingerprint density at radius 1 is 1.15 bits per heavy atom. The van der Waals surface area contributed by atoms with E-state index in [1.165, 1.54) is 25.5 Å². The normalized spacial score (nSPS) is 9.80. The second-order valence-electron chi connectivity index (χ2n) is 3.85. The van der Waals surface area contributed by atoms with E-state index in [-0.39, 0.29) is 12.8 Å². The van der Waals surface area contributed by atoms with Crippen molar-refractivity contribution in [3.63, 3.8) is 0 Å². The molecule has 0 fully saturated rings. The molecule has 0 aromatic heterocycles. The number of carboxylic acid groups (broad SMARTS) is 1. The number of carbonyl (C=O) groups excluding carboxylic acids is 1. The van der Waals surface area contributed by atoms with E-state index >= 15 is 0 Å². The summed E-state index contributed by atoms with van der Waals surface area (Å²) in [6, 6.07) is 0. The smallest absolute Gasteiger partial charge is 0.481 e. The Bertz CT molecular complexity index is 283. The van der Waals surface area contributed by atoms with Crippen LogP contribution in [0.5, 0.6) is 0 Å². The van der Waals surface area contributed by atoms with Crippen LogP contribution in [0, 0.1) is 0 Å². The van der Waals surface area contributed by atoms with Gasteiger partial charge in [-0.05, 0) is 18.9 Å². The lowest BCUT2D eigenvalue weighted by Gasteiger charge is -1.97. The molecule has 116 valence electrons. The molecular weight excluding hydrogens is 341 g/mol. The van der Waals surface area contributed by atoms with E-state index in [9.17, 15) is 9.59 Å². The fourth-order valence-electron chi connectivity index (χ4n) is 1.15. The maximum atomic E-state index is 10.9. The first kappa shape index (κ1) is 22.4. The Morgan fingerprint density at radius 3 is 2.25 bits per heavy atom. The van der Waals surface area contributed by atoms with Crippen molar-refractivity contribution in [2.45, 2.75) is 51.9 Å². The monoisotopic (exact) mass is 360 g/mol. The number of carbonyl (C=O) groups is 2. The molecule has 0 aromatic carbocycles. The summed E-state index contributed by atoms with van der Waals surface area (Å²) in [6.07, 6.45) is 8.51. The van der Waals surface area contributed by atoms with Gasteiger partial charge < -0.3 is 9.84 Å². The molecule has 4 nitrogen and oxygen atoms in total. The van der Waals surface area contributed by atoms with Crippen molar-refractivity contribution in [1.29, 1.82) is 0 Å². The minimum absolute atomic E-state index is 0.0739. The molecule has 0 radical (unpaired) electrons. The highest BCUT2D eigenvalue weighted by atomic mass is 35.8. The molecule has 0 saturated carbocycles. The quantitative estimate of drug-likeness (QED) is 0.283. The van der Waals surface area contributed by atoms with Gasteiger partial charge in [0.05, 0.1) is 19.1 Å². The van der Waals surface area contributed by atoms with Crippen LogP contribution in [0.15, 0.2) is 12.3 Å². The van der Waals surface area contributed by atoms with Crippen LogP contribution in [0.1, 0.15) is 51.9 Å². The number of hydrogen-bond donors (Lipinski definition) is 1. The van der Waals surface area contributed by atoms with Gasteiger partial charge in [-0.1, -0.05) is 26.2 Å². The number of rotatable bonds is 9. The second kappa shape index (κ2) is 17.1. The third-order valence-corrected chi connectivity index (χ3v) is 2.06. The van der Waals surface area contributed by atoms with Gasteiger partial charge in [-0.3, -0.25) is 9.59 Å². The first-order chi connectivity index (χ1) is 9.40. The molecule has 0 amide bonds. The minimum Gasteiger partial charge on any atom is -0.481 e. The molecule has 0 spiro atoms. The number of carboxylic acids is 1. The zero-order chi connectivity index (χ0) is 15.8. The van der Waals surface area contributed by atoms with E-state index in [2.05, 4.69) is 6.92 Å². The Kier molecular flexibility index (Phi) is 19.2. The fraction of sp³-hybridized carbons (Fsp3) is 0.667. The van der Waals surface area contributed by atoms with Crippen molar-refractivity contribution in [3.05, 3.63) is 12.3 Å². The predicted molar refractivity (Wildman–Crippen MR) is 84.2 cm³/mol. The fourth-order valence-corrected chi connectivity index (χ4v) is 1.15. The summed E-state index contributed by atoms with van der Waals surface area (Å²) < 4.78 is 4.72. The summed E-state index contributed by atoms with van der Waals surface area (Å²) >= 11 is -1.72. The van der Waals surface area contributed by atoms with Crippen LogP contribution in [-0.4, -0.2) is 28.4 Å². The van der Waals surface area contributed by atoms with E-state index < -0.39 is 23.3 Å². The van der Waals surface area contributed by atoms with Crippen LogP contribution in [0.4, 0.5) is 0 Å². The van der Waals surface area contributed by atoms with Crippen LogP contribution in [0.25, 0.3) is 0 Å². The van der Waals surface area contributed by atoms with E-state index in [4.69, 9.17) is 40.0 Å². The van der Waals surface area contributed by atoms with E-state index in [1.54, 1.807) is 6.08 Å². The third-order valence-electron chi connectivity index (χ3n) is 2.06. The highest BCUT2D eigenvalue weighted by Crippen LogP contribution is 2.03. The number of hydrogen-bond acceptors (Lipinski definition) is 3. The van der Waals surface area contributed by atoms with Crippen molar-refractivity contribution >= 4 is 53.5 Å². The second-order valence-corrected chi connectivity index (χ2v) is 10.3. The number of allylic oxidation sites excluding steroid dienone is 1. The van der Waals surface area contributed by atoms with Crippen molar-refractivity contribution in [2.24, 2.45) is 0 Å². The Hall–Kier alpha value is 0.0825. The van der Waals surface area contributed by atoms with Gasteiger partial charge in [-0.15, -0.1) is 0 Å². The largest absolute Gasteiger partial charge is 0.643 e. The average molecular weight is 362 g/mol.